The monoisotopic (exact) mass is 339 g/mol. The third-order valence-electron chi connectivity index (χ3n) is 4.53. The van der Waals surface area contributed by atoms with Crippen LogP contribution in [0.15, 0.2) is 60.2 Å². The van der Waals surface area contributed by atoms with Crippen LogP contribution in [0, 0.1) is 6.92 Å². The van der Waals surface area contributed by atoms with Crippen LogP contribution in [0.3, 0.4) is 0 Å². The fourth-order valence-corrected chi connectivity index (χ4v) is 3.02. The quantitative estimate of drug-likeness (QED) is 0.574. The maximum Gasteiger partial charge on any atom is 0.115 e. The van der Waals surface area contributed by atoms with Crippen LogP contribution in [0.4, 0.5) is 4.39 Å². The summed E-state index contributed by atoms with van der Waals surface area (Å²) in [6.45, 7) is 9.08. The minimum Gasteiger partial charge on any atom is -0.306 e. The molecule has 2 aromatic carbocycles. The molecule has 2 rings (SSSR count). The molecule has 0 fully saturated rings. The van der Waals surface area contributed by atoms with Crippen LogP contribution < -0.4 is 5.32 Å². The third-order valence-corrected chi connectivity index (χ3v) is 4.53. The van der Waals surface area contributed by atoms with E-state index in [2.05, 4.69) is 63.4 Å². The number of halogens is 1. The lowest BCUT2D eigenvalue weighted by atomic mass is 9.92. The summed E-state index contributed by atoms with van der Waals surface area (Å²) in [5.74, 6) is 0.489. The Bertz CT molecular complexity index is 666. The minimum absolute atomic E-state index is 0.321. The average molecular weight is 339 g/mol. The fraction of sp³-hybridized carbons (Fsp3) is 0.391. The van der Waals surface area contributed by atoms with Gasteiger partial charge in [0, 0.05) is 12.6 Å². The molecule has 2 heteroatoms. The molecule has 0 bridgehead atoms. The van der Waals surface area contributed by atoms with Crippen molar-refractivity contribution < 1.29 is 4.39 Å². The molecule has 0 saturated heterocycles. The van der Waals surface area contributed by atoms with Crippen LogP contribution in [-0.2, 0) is 13.2 Å². The van der Waals surface area contributed by atoms with Crippen molar-refractivity contribution in [2.24, 2.45) is 0 Å². The molecule has 1 nitrogen and oxygen atoms in total. The first-order valence-corrected chi connectivity index (χ1v) is 9.06. The molecule has 0 radical (unpaired) electrons. The first kappa shape index (κ1) is 19.4. The molecule has 1 N–H and O–H groups in total. The van der Waals surface area contributed by atoms with E-state index in [1.807, 2.05) is 24.3 Å². The standard InChI is InChI=1S/C23H30FN/c1-17(2)13-23(14-19(4)22-11-5-18(3)6-12-22)25-16-21-9-7-20(15-24)8-10-21/h5-13,19,23,25H,14-16H2,1-4H3/t19-,23?/m0/s1. The number of hydrogen-bond donors (Lipinski definition) is 1. The summed E-state index contributed by atoms with van der Waals surface area (Å²) < 4.78 is 12.6. The first-order chi connectivity index (χ1) is 12.0. The second-order valence-electron chi connectivity index (χ2n) is 7.23. The van der Waals surface area contributed by atoms with Crippen molar-refractivity contribution in [2.75, 3.05) is 0 Å². The van der Waals surface area contributed by atoms with Crippen LogP contribution >= 0.6 is 0 Å². The summed E-state index contributed by atoms with van der Waals surface area (Å²) in [6, 6.07) is 16.9. The minimum atomic E-state index is -0.401. The highest BCUT2D eigenvalue weighted by Crippen LogP contribution is 2.22. The number of aryl methyl sites for hydroxylation is 1. The van der Waals surface area contributed by atoms with Gasteiger partial charge in [-0.3, -0.25) is 0 Å². The van der Waals surface area contributed by atoms with E-state index in [4.69, 9.17) is 0 Å². The van der Waals surface area contributed by atoms with Gasteiger partial charge in [-0.25, -0.2) is 4.39 Å². The molecule has 134 valence electrons. The maximum absolute atomic E-state index is 12.6. The molecule has 0 aliphatic carbocycles. The molecule has 1 unspecified atom stereocenters. The number of alkyl halides is 1. The van der Waals surface area contributed by atoms with E-state index < -0.39 is 6.67 Å². The van der Waals surface area contributed by atoms with Crippen LogP contribution in [0.5, 0.6) is 0 Å². The average Bonchev–Trinajstić information content (AvgIpc) is 2.60. The van der Waals surface area contributed by atoms with Gasteiger partial charge < -0.3 is 5.32 Å². The molecular formula is C23H30FN. The second-order valence-corrected chi connectivity index (χ2v) is 7.23. The van der Waals surface area contributed by atoms with Crippen molar-refractivity contribution in [3.05, 3.63) is 82.4 Å². The van der Waals surface area contributed by atoms with Gasteiger partial charge >= 0.3 is 0 Å². The lowest BCUT2D eigenvalue weighted by Crippen LogP contribution is -2.28. The Hall–Kier alpha value is -1.93. The lowest BCUT2D eigenvalue weighted by molar-refractivity contribution is 0.485. The molecule has 0 spiro atoms. The number of benzene rings is 2. The predicted molar refractivity (Wildman–Crippen MR) is 106 cm³/mol. The molecule has 0 aliphatic rings. The number of rotatable bonds is 8. The van der Waals surface area contributed by atoms with Gasteiger partial charge in [-0.15, -0.1) is 0 Å². The number of hydrogen-bond acceptors (Lipinski definition) is 1. The molecule has 0 aromatic heterocycles. The third kappa shape index (κ3) is 6.47. The van der Waals surface area contributed by atoms with Crippen molar-refractivity contribution >= 4 is 0 Å². The molecular weight excluding hydrogens is 309 g/mol. The van der Waals surface area contributed by atoms with E-state index in [1.54, 1.807) is 0 Å². The zero-order chi connectivity index (χ0) is 18.2. The van der Waals surface area contributed by atoms with Gasteiger partial charge in [-0.2, -0.15) is 0 Å². The van der Waals surface area contributed by atoms with Crippen molar-refractivity contribution in [3.8, 4) is 0 Å². The molecule has 0 saturated carbocycles. The fourth-order valence-electron chi connectivity index (χ4n) is 3.02. The Kier molecular flexibility index (Phi) is 7.39. The second kappa shape index (κ2) is 9.53. The topological polar surface area (TPSA) is 12.0 Å². The smallest absolute Gasteiger partial charge is 0.115 e. The van der Waals surface area contributed by atoms with Crippen LogP contribution in [0.1, 0.15) is 55.4 Å². The van der Waals surface area contributed by atoms with Crippen molar-refractivity contribution in [3.63, 3.8) is 0 Å². The van der Waals surface area contributed by atoms with Crippen molar-refractivity contribution in [1.29, 1.82) is 0 Å². The Balaban J connectivity index is 2.00. The van der Waals surface area contributed by atoms with Gasteiger partial charge in [0.1, 0.15) is 6.67 Å². The van der Waals surface area contributed by atoms with Gasteiger partial charge in [-0.05, 0) is 49.8 Å². The molecule has 25 heavy (non-hydrogen) atoms. The molecule has 0 aliphatic heterocycles. The Labute approximate surface area is 152 Å². The summed E-state index contributed by atoms with van der Waals surface area (Å²) in [6.07, 6.45) is 3.36. The van der Waals surface area contributed by atoms with E-state index >= 15 is 0 Å². The zero-order valence-electron chi connectivity index (χ0n) is 15.9. The highest BCUT2D eigenvalue weighted by molar-refractivity contribution is 5.25. The van der Waals surface area contributed by atoms with Crippen molar-refractivity contribution in [1.82, 2.24) is 5.32 Å². The van der Waals surface area contributed by atoms with Crippen molar-refractivity contribution in [2.45, 2.75) is 59.3 Å². The number of allylic oxidation sites excluding steroid dienone is 1. The maximum atomic E-state index is 12.6. The van der Waals surface area contributed by atoms with E-state index in [-0.39, 0.29) is 0 Å². The lowest BCUT2D eigenvalue weighted by Gasteiger charge is -2.21. The SMILES string of the molecule is CC(C)=CC(C[C@H](C)c1ccc(C)cc1)NCc1ccc(CF)cc1. The molecule has 2 aromatic rings. The Morgan fingerprint density at radius 3 is 2.16 bits per heavy atom. The summed E-state index contributed by atoms with van der Waals surface area (Å²) in [7, 11) is 0. The molecule has 0 amide bonds. The van der Waals surface area contributed by atoms with E-state index in [9.17, 15) is 4.39 Å². The highest BCUT2D eigenvalue weighted by atomic mass is 19.1. The van der Waals surface area contributed by atoms with Gasteiger partial charge in [0.05, 0.1) is 0 Å². The van der Waals surface area contributed by atoms with Gasteiger partial charge in [-0.1, -0.05) is 72.7 Å². The largest absolute Gasteiger partial charge is 0.306 e. The van der Waals surface area contributed by atoms with Gasteiger partial charge in [0.25, 0.3) is 0 Å². The van der Waals surface area contributed by atoms with E-state index in [0.717, 1.165) is 18.5 Å². The summed E-state index contributed by atoms with van der Waals surface area (Å²) in [5.41, 5.74) is 5.92. The molecule has 2 atom stereocenters. The Morgan fingerprint density at radius 1 is 1.00 bits per heavy atom. The highest BCUT2D eigenvalue weighted by Gasteiger charge is 2.12. The zero-order valence-corrected chi connectivity index (χ0v) is 15.9. The molecule has 0 heterocycles. The van der Waals surface area contributed by atoms with Crippen LogP contribution in [0.25, 0.3) is 0 Å². The van der Waals surface area contributed by atoms with Gasteiger partial charge in [0.2, 0.25) is 0 Å². The van der Waals surface area contributed by atoms with E-state index in [0.29, 0.717) is 12.0 Å². The normalized spacial score (nSPS) is 13.3. The summed E-state index contributed by atoms with van der Waals surface area (Å²) in [5, 5.41) is 3.65. The Morgan fingerprint density at radius 2 is 1.60 bits per heavy atom. The predicted octanol–water partition coefficient (Wildman–Crippen LogP) is 6.08. The van der Waals surface area contributed by atoms with Crippen LogP contribution in [-0.4, -0.2) is 6.04 Å². The summed E-state index contributed by atoms with van der Waals surface area (Å²) in [4.78, 5) is 0. The van der Waals surface area contributed by atoms with Gasteiger partial charge in [0.15, 0.2) is 0 Å². The summed E-state index contributed by atoms with van der Waals surface area (Å²) >= 11 is 0. The van der Waals surface area contributed by atoms with Crippen LogP contribution in [0.2, 0.25) is 0 Å². The first-order valence-electron chi connectivity index (χ1n) is 9.06. The number of nitrogens with one attached hydrogen (secondary N) is 1. The van der Waals surface area contributed by atoms with E-state index in [1.165, 1.54) is 22.3 Å².